The van der Waals surface area contributed by atoms with Gasteiger partial charge in [-0.15, -0.1) is 0 Å². The van der Waals surface area contributed by atoms with Gasteiger partial charge in [0.2, 0.25) is 0 Å². The van der Waals surface area contributed by atoms with E-state index in [1.165, 1.54) is 0 Å². The maximum Gasteiger partial charge on any atom is 0.330 e. The Morgan fingerprint density at radius 2 is 2.19 bits per heavy atom. The Kier molecular flexibility index (Phi) is 4.65. The fraction of sp³-hybridized carbons (Fsp3) is 0.350. The number of rotatable bonds is 3. The van der Waals surface area contributed by atoms with Gasteiger partial charge in [-0.1, -0.05) is 18.2 Å². The van der Waals surface area contributed by atoms with Crippen molar-refractivity contribution in [3.63, 3.8) is 0 Å². The molecule has 7 nitrogen and oxygen atoms in total. The van der Waals surface area contributed by atoms with Gasteiger partial charge in [0.05, 0.1) is 36.6 Å². The normalized spacial score (nSPS) is 22.1. The summed E-state index contributed by atoms with van der Waals surface area (Å²) in [5.41, 5.74) is 8.39. The van der Waals surface area contributed by atoms with Crippen molar-refractivity contribution in [1.82, 2.24) is 14.7 Å². The van der Waals surface area contributed by atoms with Crippen molar-refractivity contribution in [2.45, 2.75) is 25.4 Å². The number of likely N-dealkylation sites (tertiary alicyclic amines) is 1. The van der Waals surface area contributed by atoms with Gasteiger partial charge in [-0.05, 0) is 24.5 Å². The molecule has 3 aliphatic heterocycles. The standard InChI is InChI=1S/C20H22N6O/c21-11-15-4-1-2-5-16(15)13-26-19(24-8-3-6-17(22)14-24)10-18-12-23-7-9-25(18)20(26)27/h1-2,4-5,7,10,12,17H,3,6,8-9,13-14,22H2. The molecule has 3 aliphatic rings. The Labute approximate surface area is 158 Å². The molecule has 2 N–H and O–H groups in total. The maximum absolute atomic E-state index is 13.3. The van der Waals surface area contributed by atoms with E-state index in [4.69, 9.17) is 5.73 Å². The third-order valence-electron chi connectivity index (χ3n) is 5.15. The van der Waals surface area contributed by atoms with E-state index in [2.05, 4.69) is 16.0 Å². The first-order chi connectivity index (χ1) is 13.2. The molecule has 0 spiro atoms. The van der Waals surface area contributed by atoms with Crippen LogP contribution in [0.5, 0.6) is 0 Å². The molecule has 0 radical (unpaired) electrons. The van der Waals surface area contributed by atoms with E-state index < -0.39 is 0 Å². The minimum atomic E-state index is -0.100. The number of aliphatic imine (C=N–C) groups is 1. The topological polar surface area (TPSA) is 89.0 Å². The van der Waals surface area contributed by atoms with E-state index in [0.29, 0.717) is 25.2 Å². The molecule has 1 unspecified atom stereocenters. The number of nitrogens with zero attached hydrogens (tertiary/aromatic N) is 5. The molecule has 1 aromatic rings. The van der Waals surface area contributed by atoms with Gasteiger partial charge in [0.1, 0.15) is 5.82 Å². The molecular weight excluding hydrogens is 340 g/mol. The summed E-state index contributed by atoms with van der Waals surface area (Å²) in [6.07, 6.45) is 7.43. The number of hydrogen-bond donors (Lipinski definition) is 1. The first-order valence-electron chi connectivity index (χ1n) is 9.18. The van der Waals surface area contributed by atoms with Crippen LogP contribution in [0.15, 0.2) is 53.1 Å². The van der Waals surface area contributed by atoms with Crippen molar-refractivity contribution >= 4 is 12.2 Å². The number of fused-ring (bicyclic) bond motifs is 1. The molecule has 4 rings (SSSR count). The van der Waals surface area contributed by atoms with Gasteiger partial charge in [-0.2, -0.15) is 5.26 Å². The van der Waals surface area contributed by atoms with Crippen LogP contribution in [-0.2, 0) is 6.54 Å². The predicted molar refractivity (Wildman–Crippen MR) is 102 cm³/mol. The molecule has 1 fully saturated rings. The highest BCUT2D eigenvalue weighted by molar-refractivity contribution is 5.84. The average Bonchev–Trinajstić information content (AvgIpc) is 2.70. The summed E-state index contributed by atoms with van der Waals surface area (Å²) in [5, 5.41) is 9.42. The fourth-order valence-corrected chi connectivity index (χ4v) is 3.76. The van der Waals surface area contributed by atoms with Crippen LogP contribution in [-0.4, -0.2) is 52.6 Å². The minimum Gasteiger partial charge on any atom is -0.356 e. The number of benzene rings is 1. The van der Waals surface area contributed by atoms with Crippen LogP contribution < -0.4 is 5.73 Å². The molecule has 3 heterocycles. The van der Waals surface area contributed by atoms with E-state index in [1.54, 1.807) is 28.3 Å². The van der Waals surface area contributed by atoms with Crippen LogP contribution in [0, 0.1) is 11.3 Å². The lowest BCUT2D eigenvalue weighted by molar-refractivity contribution is 0.138. The first-order valence-corrected chi connectivity index (χ1v) is 9.18. The SMILES string of the molecule is N#Cc1ccccc1CN1C(=O)N2CC=NC=C2C=C1N1CCCC(N)C1. The average molecular weight is 362 g/mol. The zero-order valence-corrected chi connectivity index (χ0v) is 15.1. The third kappa shape index (κ3) is 3.32. The summed E-state index contributed by atoms with van der Waals surface area (Å²) >= 11 is 0. The molecular formula is C20H22N6O. The number of piperidine rings is 1. The second kappa shape index (κ2) is 7.25. The van der Waals surface area contributed by atoms with Crippen LogP contribution in [0.1, 0.15) is 24.0 Å². The van der Waals surface area contributed by atoms with Crippen molar-refractivity contribution in [2.24, 2.45) is 10.7 Å². The Morgan fingerprint density at radius 1 is 1.33 bits per heavy atom. The molecule has 0 saturated carbocycles. The van der Waals surface area contributed by atoms with Gasteiger partial charge in [-0.3, -0.25) is 14.8 Å². The van der Waals surface area contributed by atoms with E-state index in [9.17, 15) is 10.1 Å². The fourth-order valence-electron chi connectivity index (χ4n) is 3.76. The van der Waals surface area contributed by atoms with E-state index in [1.807, 2.05) is 24.3 Å². The Hall–Kier alpha value is -3.11. The van der Waals surface area contributed by atoms with Crippen molar-refractivity contribution < 1.29 is 4.79 Å². The highest BCUT2D eigenvalue weighted by atomic mass is 16.2. The zero-order valence-electron chi connectivity index (χ0n) is 15.1. The van der Waals surface area contributed by atoms with Gasteiger partial charge in [0, 0.05) is 31.4 Å². The molecule has 0 bridgehead atoms. The van der Waals surface area contributed by atoms with E-state index in [0.717, 1.165) is 36.5 Å². The lowest BCUT2D eigenvalue weighted by Crippen LogP contribution is -2.53. The highest BCUT2D eigenvalue weighted by Gasteiger charge is 2.35. The van der Waals surface area contributed by atoms with Crippen LogP contribution in [0.4, 0.5) is 4.79 Å². The zero-order chi connectivity index (χ0) is 18.8. The number of nitrogens with two attached hydrogens (primary N) is 1. The molecule has 2 amide bonds. The van der Waals surface area contributed by atoms with E-state index >= 15 is 0 Å². The Balaban J connectivity index is 1.72. The minimum absolute atomic E-state index is 0.0967. The van der Waals surface area contributed by atoms with Crippen molar-refractivity contribution in [3.05, 3.63) is 59.2 Å². The van der Waals surface area contributed by atoms with E-state index in [-0.39, 0.29) is 12.1 Å². The summed E-state index contributed by atoms with van der Waals surface area (Å²) in [5.74, 6) is 0.836. The molecule has 138 valence electrons. The number of hydrogen-bond acceptors (Lipinski definition) is 5. The second-order valence-corrected chi connectivity index (χ2v) is 6.98. The Bertz CT molecular complexity index is 881. The number of nitriles is 1. The van der Waals surface area contributed by atoms with Crippen molar-refractivity contribution in [3.8, 4) is 6.07 Å². The molecule has 1 aromatic carbocycles. The second-order valence-electron chi connectivity index (χ2n) is 6.98. The third-order valence-corrected chi connectivity index (χ3v) is 5.15. The van der Waals surface area contributed by atoms with Crippen molar-refractivity contribution in [2.75, 3.05) is 19.6 Å². The van der Waals surface area contributed by atoms with Gasteiger partial charge in [0.25, 0.3) is 0 Å². The molecule has 27 heavy (non-hydrogen) atoms. The number of amides is 2. The molecule has 0 aliphatic carbocycles. The van der Waals surface area contributed by atoms with Gasteiger partial charge in [-0.25, -0.2) is 4.79 Å². The largest absolute Gasteiger partial charge is 0.356 e. The number of urea groups is 1. The maximum atomic E-state index is 13.3. The number of carbonyl (C=O) groups is 1. The number of allylic oxidation sites excluding steroid dienone is 1. The number of carbonyl (C=O) groups excluding carboxylic acids is 1. The first kappa shape index (κ1) is 17.3. The van der Waals surface area contributed by atoms with Crippen LogP contribution in [0.2, 0.25) is 0 Å². The summed E-state index contributed by atoms with van der Waals surface area (Å²) in [4.78, 5) is 23.1. The van der Waals surface area contributed by atoms with Crippen LogP contribution in [0.3, 0.4) is 0 Å². The molecule has 1 atom stereocenters. The van der Waals surface area contributed by atoms with Gasteiger partial charge < -0.3 is 10.6 Å². The summed E-state index contributed by atoms with van der Waals surface area (Å²) in [7, 11) is 0. The summed E-state index contributed by atoms with van der Waals surface area (Å²) in [6.45, 7) is 2.37. The lowest BCUT2D eigenvalue weighted by atomic mass is 10.1. The van der Waals surface area contributed by atoms with Gasteiger partial charge in [0.15, 0.2) is 0 Å². The molecule has 0 aromatic heterocycles. The van der Waals surface area contributed by atoms with Crippen LogP contribution >= 0.6 is 0 Å². The quantitative estimate of drug-likeness (QED) is 0.890. The van der Waals surface area contributed by atoms with Crippen molar-refractivity contribution in [1.29, 1.82) is 5.26 Å². The smallest absolute Gasteiger partial charge is 0.330 e. The Morgan fingerprint density at radius 3 is 3.00 bits per heavy atom. The molecule has 1 saturated heterocycles. The van der Waals surface area contributed by atoms with Crippen LogP contribution in [0.25, 0.3) is 0 Å². The summed E-state index contributed by atoms with van der Waals surface area (Å²) in [6, 6.07) is 9.62. The lowest BCUT2D eigenvalue weighted by Gasteiger charge is -2.44. The monoisotopic (exact) mass is 362 g/mol. The predicted octanol–water partition coefficient (Wildman–Crippen LogP) is 1.99. The van der Waals surface area contributed by atoms with Gasteiger partial charge >= 0.3 is 6.03 Å². The molecule has 7 heteroatoms. The highest BCUT2D eigenvalue weighted by Crippen LogP contribution is 2.29. The summed E-state index contributed by atoms with van der Waals surface area (Å²) < 4.78 is 0.